The van der Waals surface area contributed by atoms with Crippen LogP contribution in [-0.2, 0) is 16.4 Å². The van der Waals surface area contributed by atoms with E-state index in [1.807, 2.05) is 19.1 Å². The molecule has 0 aliphatic carbocycles. The van der Waals surface area contributed by atoms with Crippen molar-refractivity contribution < 1.29 is 12.8 Å². The number of aryl methyl sites for hydroxylation is 1. The van der Waals surface area contributed by atoms with Crippen molar-refractivity contribution in [1.82, 2.24) is 10.2 Å². The standard InChI is InChI=1S/C12H18N2O3S/c1-9-2-3-10(17-9)6-14-5-4-13-11-7-18(15,16)8-12(11)14/h2-3,11-13H,4-8H2,1H3/t11-,12+/m1/s1. The van der Waals surface area contributed by atoms with Crippen LogP contribution in [0.4, 0.5) is 0 Å². The topological polar surface area (TPSA) is 62.6 Å². The molecule has 0 aromatic carbocycles. The van der Waals surface area contributed by atoms with Gasteiger partial charge in [-0.1, -0.05) is 0 Å². The lowest BCUT2D eigenvalue weighted by molar-refractivity contribution is 0.131. The molecule has 1 aromatic rings. The summed E-state index contributed by atoms with van der Waals surface area (Å²) in [5.74, 6) is 2.35. The summed E-state index contributed by atoms with van der Waals surface area (Å²) in [6.45, 7) is 4.34. The van der Waals surface area contributed by atoms with Crippen LogP contribution in [0.2, 0.25) is 0 Å². The Morgan fingerprint density at radius 3 is 3.00 bits per heavy atom. The predicted octanol–water partition coefficient (Wildman–Crippen LogP) is 0.159. The van der Waals surface area contributed by atoms with Crippen LogP contribution >= 0.6 is 0 Å². The van der Waals surface area contributed by atoms with Gasteiger partial charge in [-0.25, -0.2) is 8.42 Å². The fourth-order valence-electron chi connectivity index (χ4n) is 2.91. The van der Waals surface area contributed by atoms with Crippen LogP contribution in [-0.4, -0.2) is 50.0 Å². The summed E-state index contributed by atoms with van der Waals surface area (Å²) in [4.78, 5) is 2.23. The van der Waals surface area contributed by atoms with Crippen molar-refractivity contribution in [2.75, 3.05) is 24.6 Å². The van der Waals surface area contributed by atoms with E-state index in [0.717, 1.165) is 24.6 Å². The molecule has 2 saturated heterocycles. The molecular formula is C12H18N2O3S. The van der Waals surface area contributed by atoms with Gasteiger partial charge < -0.3 is 9.73 Å². The molecule has 1 aromatic heterocycles. The van der Waals surface area contributed by atoms with Crippen molar-refractivity contribution in [1.29, 1.82) is 0 Å². The average Bonchev–Trinajstić information content (AvgIpc) is 2.81. The molecule has 1 N–H and O–H groups in total. The fraction of sp³-hybridized carbons (Fsp3) is 0.667. The highest BCUT2D eigenvalue weighted by Gasteiger charge is 2.42. The van der Waals surface area contributed by atoms with Crippen molar-refractivity contribution in [3.05, 3.63) is 23.7 Å². The lowest BCUT2D eigenvalue weighted by Gasteiger charge is -2.36. The van der Waals surface area contributed by atoms with E-state index in [9.17, 15) is 8.42 Å². The Morgan fingerprint density at radius 2 is 2.28 bits per heavy atom. The fourth-order valence-corrected chi connectivity index (χ4v) is 4.90. The highest BCUT2D eigenvalue weighted by atomic mass is 32.2. The van der Waals surface area contributed by atoms with Gasteiger partial charge in [-0.3, -0.25) is 4.90 Å². The van der Waals surface area contributed by atoms with Crippen molar-refractivity contribution in [2.24, 2.45) is 0 Å². The molecule has 18 heavy (non-hydrogen) atoms. The Balaban J connectivity index is 1.76. The van der Waals surface area contributed by atoms with E-state index in [0.29, 0.717) is 6.54 Å². The maximum Gasteiger partial charge on any atom is 0.153 e. The third-order valence-electron chi connectivity index (χ3n) is 3.75. The lowest BCUT2D eigenvalue weighted by atomic mass is 10.1. The molecule has 2 aliphatic rings. The van der Waals surface area contributed by atoms with E-state index < -0.39 is 9.84 Å². The van der Waals surface area contributed by atoms with Gasteiger partial charge in [0.05, 0.1) is 18.1 Å². The van der Waals surface area contributed by atoms with Crippen LogP contribution in [0.25, 0.3) is 0 Å². The third kappa shape index (κ3) is 2.32. The summed E-state index contributed by atoms with van der Waals surface area (Å²) in [7, 11) is -2.88. The van der Waals surface area contributed by atoms with E-state index >= 15 is 0 Å². The minimum absolute atomic E-state index is 0.0832. The quantitative estimate of drug-likeness (QED) is 0.829. The molecule has 0 radical (unpaired) electrons. The smallest absolute Gasteiger partial charge is 0.153 e. The minimum Gasteiger partial charge on any atom is -0.465 e. The van der Waals surface area contributed by atoms with E-state index in [4.69, 9.17) is 4.42 Å². The van der Waals surface area contributed by atoms with Gasteiger partial charge in [0.2, 0.25) is 0 Å². The number of fused-ring (bicyclic) bond motifs is 1. The van der Waals surface area contributed by atoms with Crippen molar-refractivity contribution >= 4 is 9.84 Å². The van der Waals surface area contributed by atoms with E-state index in [1.54, 1.807) is 0 Å². The first-order valence-electron chi connectivity index (χ1n) is 6.27. The summed E-state index contributed by atoms with van der Waals surface area (Å²) >= 11 is 0. The monoisotopic (exact) mass is 270 g/mol. The molecule has 3 rings (SSSR count). The first-order valence-corrected chi connectivity index (χ1v) is 8.09. The van der Waals surface area contributed by atoms with Gasteiger partial charge in [-0.05, 0) is 19.1 Å². The Labute approximate surface area is 107 Å². The van der Waals surface area contributed by atoms with E-state index in [1.165, 1.54) is 0 Å². The van der Waals surface area contributed by atoms with Crippen LogP contribution in [0, 0.1) is 6.92 Å². The zero-order chi connectivity index (χ0) is 12.8. The van der Waals surface area contributed by atoms with Crippen LogP contribution in [0.15, 0.2) is 16.5 Å². The predicted molar refractivity (Wildman–Crippen MR) is 68.1 cm³/mol. The number of nitrogens with zero attached hydrogens (tertiary/aromatic N) is 1. The van der Waals surface area contributed by atoms with Gasteiger partial charge in [0.15, 0.2) is 9.84 Å². The first-order chi connectivity index (χ1) is 8.53. The SMILES string of the molecule is Cc1ccc(CN2CCN[C@@H]3CS(=O)(=O)C[C@@H]32)o1. The summed E-state index contributed by atoms with van der Waals surface area (Å²) in [5.41, 5.74) is 0. The van der Waals surface area contributed by atoms with Crippen molar-refractivity contribution in [3.63, 3.8) is 0 Å². The second kappa shape index (κ2) is 4.36. The summed E-state index contributed by atoms with van der Waals surface area (Å²) in [6, 6.07) is 4.09. The molecule has 2 aliphatic heterocycles. The molecule has 6 heteroatoms. The molecule has 0 amide bonds. The molecule has 0 unspecified atom stereocenters. The van der Waals surface area contributed by atoms with Crippen molar-refractivity contribution in [3.8, 4) is 0 Å². The number of furan rings is 1. The number of sulfone groups is 1. The minimum atomic E-state index is -2.88. The van der Waals surface area contributed by atoms with Crippen LogP contribution in [0.5, 0.6) is 0 Å². The number of nitrogens with one attached hydrogen (secondary N) is 1. The van der Waals surface area contributed by atoms with Gasteiger partial charge in [-0.15, -0.1) is 0 Å². The van der Waals surface area contributed by atoms with Gasteiger partial charge in [-0.2, -0.15) is 0 Å². The van der Waals surface area contributed by atoms with Crippen LogP contribution in [0.1, 0.15) is 11.5 Å². The Kier molecular flexibility index (Phi) is 2.96. The second-order valence-electron chi connectivity index (χ2n) is 5.19. The zero-order valence-electron chi connectivity index (χ0n) is 10.4. The zero-order valence-corrected chi connectivity index (χ0v) is 11.2. The van der Waals surface area contributed by atoms with E-state index in [-0.39, 0.29) is 23.6 Å². The van der Waals surface area contributed by atoms with Gasteiger partial charge in [0.1, 0.15) is 11.5 Å². The Morgan fingerprint density at radius 1 is 1.44 bits per heavy atom. The summed E-state index contributed by atoms with van der Waals surface area (Å²) in [6.07, 6.45) is 0. The molecule has 0 saturated carbocycles. The third-order valence-corrected chi connectivity index (χ3v) is 5.47. The maximum atomic E-state index is 11.7. The molecule has 5 nitrogen and oxygen atoms in total. The Hall–Kier alpha value is -0.850. The lowest BCUT2D eigenvalue weighted by Crippen LogP contribution is -2.56. The molecule has 2 fully saturated rings. The molecule has 3 heterocycles. The number of hydrogen-bond donors (Lipinski definition) is 1. The summed E-state index contributed by atoms with van der Waals surface area (Å²) < 4.78 is 29.0. The van der Waals surface area contributed by atoms with E-state index in [2.05, 4.69) is 10.2 Å². The Bertz CT molecular complexity index is 537. The highest BCUT2D eigenvalue weighted by Crippen LogP contribution is 2.23. The number of piperazine rings is 1. The largest absolute Gasteiger partial charge is 0.465 e. The number of rotatable bonds is 2. The molecule has 0 bridgehead atoms. The molecule has 2 atom stereocenters. The highest BCUT2D eigenvalue weighted by molar-refractivity contribution is 7.91. The normalized spacial score (nSPS) is 31.4. The number of hydrogen-bond acceptors (Lipinski definition) is 5. The van der Waals surface area contributed by atoms with Gasteiger partial charge in [0.25, 0.3) is 0 Å². The maximum absolute atomic E-state index is 11.7. The first kappa shape index (κ1) is 12.2. The van der Waals surface area contributed by atoms with Gasteiger partial charge in [0, 0.05) is 25.2 Å². The second-order valence-corrected chi connectivity index (χ2v) is 7.34. The van der Waals surface area contributed by atoms with Crippen LogP contribution in [0.3, 0.4) is 0 Å². The molecule has 0 spiro atoms. The van der Waals surface area contributed by atoms with Crippen molar-refractivity contribution in [2.45, 2.75) is 25.6 Å². The van der Waals surface area contributed by atoms with Crippen LogP contribution < -0.4 is 5.32 Å². The average molecular weight is 270 g/mol. The molecule has 100 valence electrons. The van der Waals surface area contributed by atoms with Gasteiger partial charge >= 0.3 is 0 Å². The summed E-state index contributed by atoms with van der Waals surface area (Å²) in [5, 5.41) is 3.31. The molecular weight excluding hydrogens is 252 g/mol.